The number of benzene rings is 2. The molecule has 0 saturated carbocycles. The summed E-state index contributed by atoms with van der Waals surface area (Å²) in [4.78, 5) is 2.46. The van der Waals surface area contributed by atoms with E-state index in [4.69, 9.17) is 16.3 Å². The molecular weight excluding hydrogens is 372 g/mol. The summed E-state index contributed by atoms with van der Waals surface area (Å²) in [5, 5.41) is 0.346. The van der Waals surface area contributed by atoms with E-state index in [1.807, 2.05) is 12.1 Å². The molecule has 5 nitrogen and oxygen atoms in total. The molecule has 1 aliphatic rings. The number of rotatable bonds is 7. The Labute approximate surface area is 160 Å². The number of hydrogen-bond donors (Lipinski definition) is 1. The van der Waals surface area contributed by atoms with E-state index >= 15 is 0 Å². The van der Waals surface area contributed by atoms with Crippen molar-refractivity contribution < 1.29 is 13.2 Å². The molecule has 1 aliphatic heterocycles. The second-order valence-corrected chi connectivity index (χ2v) is 8.59. The maximum Gasteiger partial charge on any atom is 0.244 e. The minimum atomic E-state index is -3.73. The van der Waals surface area contributed by atoms with E-state index in [9.17, 15) is 8.42 Å². The molecule has 7 heteroatoms. The van der Waals surface area contributed by atoms with Crippen molar-refractivity contribution in [2.45, 2.75) is 30.8 Å². The Morgan fingerprint density at radius 3 is 2.58 bits per heavy atom. The van der Waals surface area contributed by atoms with Gasteiger partial charge in [-0.05, 0) is 55.3 Å². The number of ether oxygens (including phenoxy) is 1. The van der Waals surface area contributed by atoms with Crippen LogP contribution >= 0.6 is 11.6 Å². The zero-order valence-corrected chi connectivity index (χ0v) is 16.3. The topological polar surface area (TPSA) is 58.6 Å². The van der Waals surface area contributed by atoms with Crippen molar-refractivity contribution in [1.82, 2.24) is 9.62 Å². The molecule has 3 rings (SSSR count). The maximum atomic E-state index is 12.6. The fourth-order valence-corrected chi connectivity index (χ4v) is 4.60. The van der Waals surface area contributed by atoms with Gasteiger partial charge in [0.05, 0.1) is 7.11 Å². The predicted molar refractivity (Wildman–Crippen MR) is 103 cm³/mol. The van der Waals surface area contributed by atoms with Crippen molar-refractivity contribution in [2.75, 3.05) is 20.2 Å². The van der Waals surface area contributed by atoms with Crippen LogP contribution in [0.5, 0.6) is 5.75 Å². The van der Waals surface area contributed by atoms with Gasteiger partial charge in [-0.3, -0.25) is 4.90 Å². The molecule has 1 saturated heterocycles. The summed E-state index contributed by atoms with van der Waals surface area (Å²) in [5.41, 5.74) is 2.12. The van der Waals surface area contributed by atoms with Gasteiger partial charge in [-0.15, -0.1) is 0 Å². The van der Waals surface area contributed by atoms with E-state index in [0.717, 1.165) is 25.2 Å². The van der Waals surface area contributed by atoms with Crippen LogP contribution in [0, 0.1) is 0 Å². The quantitative estimate of drug-likeness (QED) is 0.781. The Kier molecular flexibility index (Phi) is 6.19. The smallest absolute Gasteiger partial charge is 0.244 e. The van der Waals surface area contributed by atoms with Crippen molar-refractivity contribution in [1.29, 1.82) is 0 Å². The van der Waals surface area contributed by atoms with Crippen LogP contribution in [0.4, 0.5) is 0 Å². The number of hydrogen-bond acceptors (Lipinski definition) is 4. The number of nitrogens with zero attached hydrogens (tertiary/aromatic N) is 1. The molecular formula is C19H23ClN2O3S. The molecule has 0 aromatic heterocycles. The lowest BCUT2D eigenvalue weighted by Gasteiger charge is -2.15. The molecule has 1 N–H and O–H groups in total. The van der Waals surface area contributed by atoms with Gasteiger partial charge in [-0.2, -0.15) is 0 Å². The van der Waals surface area contributed by atoms with Crippen LogP contribution in [-0.2, 0) is 23.1 Å². The van der Waals surface area contributed by atoms with Crippen LogP contribution in [0.25, 0.3) is 0 Å². The molecule has 0 aliphatic carbocycles. The van der Waals surface area contributed by atoms with Gasteiger partial charge in [0.1, 0.15) is 10.6 Å². The monoisotopic (exact) mass is 394 g/mol. The van der Waals surface area contributed by atoms with Gasteiger partial charge in [-0.1, -0.05) is 35.9 Å². The lowest BCUT2D eigenvalue weighted by molar-refractivity contribution is 0.331. The third kappa shape index (κ3) is 4.76. The molecule has 0 bridgehead atoms. The highest BCUT2D eigenvalue weighted by Crippen LogP contribution is 2.27. The first-order chi connectivity index (χ1) is 12.5. The number of likely N-dealkylation sites (tertiary alicyclic amines) is 1. The lowest BCUT2D eigenvalue weighted by Crippen LogP contribution is -2.24. The van der Waals surface area contributed by atoms with E-state index in [-0.39, 0.29) is 17.2 Å². The average Bonchev–Trinajstić information content (AvgIpc) is 3.13. The molecule has 0 atom stereocenters. The highest BCUT2D eigenvalue weighted by Gasteiger charge is 2.20. The van der Waals surface area contributed by atoms with Gasteiger partial charge in [0.25, 0.3) is 0 Å². The average molecular weight is 395 g/mol. The molecule has 0 unspecified atom stereocenters. The first-order valence-corrected chi connectivity index (χ1v) is 10.5. The van der Waals surface area contributed by atoms with E-state index in [0.29, 0.717) is 5.02 Å². The summed E-state index contributed by atoms with van der Waals surface area (Å²) < 4.78 is 33.1. The van der Waals surface area contributed by atoms with E-state index in [1.54, 1.807) is 12.1 Å². The summed E-state index contributed by atoms with van der Waals surface area (Å²) in [6.45, 7) is 3.38. The van der Waals surface area contributed by atoms with Crippen LogP contribution in [0.1, 0.15) is 24.0 Å². The van der Waals surface area contributed by atoms with E-state index in [2.05, 4.69) is 21.8 Å². The van der Waals surface area contributed by atoms with Crippen molar-refractivity contribution in [3.8, 4) is 5.75 Å². The van der Waals surface area contributed by atoms with Gasteiger partial charge in [0.15, 0.2) is 0 Å². The fourth-order valence-electron chi connectivity index (χ4n) is 3.15. The second kappa shape index (κ2) is 8.39. The van der Waals surface area contributed by atoms with Gasteiger partial charge in [-0.25, -0.2) is 13.1 Å². The Morgan fingerprint density at radius 2 is 1.85 bits per heavy atom. The molecule has 2 aromatic rings. The zero-order chi connectivity index (χ0) is 18.6. The van der Waals surface area contributed by atoms with Crippen LogP contribution in [0.15, 0.2) is 47.4 Å². The largest absolute Gasteiger partial charge is 0.495 e. The first-order valence-electron chi connectivity index (χ1n) is 8.61. The number of methoxy groups -OCH3 is 1. The molecule has 0 amide bonds. The Bertz CT molecular complexity index is 865. The third-order valence-corrected chi connectivity index (χ3v) is 6.14. The Balaban J connectivity index is 1.71. The molecule has 0 radical (unpaired) electrons. The van der Waals surface area contributed by atoms with Crippen LogP contribution in [0.3, 0.4) is 0 Å². The van der Waals surface area contributed by atoms with Crippen LogP contribution in [0.2, 0.25) is 5.02 Å². The van der Waals surface area contributed by atoms with Gasteiger partial charge in [0.2, 0.25) is 10.0 Å². The first kappa shape index (κ1) is 19.2. The number of halogens is 1. The Hall–Kier alpha value is -1.60. The highest BCUT2D eigenvalue weighted by atomic mass is 35.5. The SMILES string of the molecule is COc1ccc(Cl)cc1S(=O)(=O)NCc1cccc(CN2CCCC2)c1. The summed E-state index contributed by atoms with van der Waals surface area (Å²) in [5.74, 6) is 0.268. The Morgan fingerprint density at radius 1 is 1.12 bits per heavy atom. The maximum absolute atomic E-state index is 12.6. The van der Waals surface area contributed by atoms with Crippen molar-refractivity contribution in [3.05, 3.63) is 58.6 Å². The molecule has 1 heterocycles. The van der Waals surface area contributed by atoms with Crippen molar-refractivity contribution in [2.24, 2.45) is 0 Å². The van der Waals surface area contributed by atoms with E-state index in [1.165, 1.54) is 31.6 Å². The fraction of sp³-hybridized carbons (Fsp3) is 0.368. The minimum Gasteiger partial charge on any atom is -0.495 e. The zero-order valence-electron chi connectivity index (χ0n) is 14.7. The summed E-state index contributed by atoms with van der Waals surface area (Å²) in [7, 11) is -2.29. The van der Waals surface area contributed by atoms with Crippen LogP contribution in [-0.4, -0.2) is 33.5 Å². The molecule has 1 fully saturated rings. The summed E-state index contributed by atoms with van der Waals surface area (Å²) in [6.07, 6.45) is 2.50. The van der Waals surface area contributed by atoms with Gasteiger partial charge >= 0.3 is 0 Å². The second-order valence-electron chi connectivity index (χ2n) is 6.42. The minimum absolute atomic E-state index is 0.0423. The summed E-state index contributed by atoms with van der Waals surface area (Å²) in [6, 6.07) is 12.6. The molecule has 140 valence electrons. The molecule has 0 spiro atoms. The molecule has 2 aromatic carbocycles. The van der Waals surface area contributed by atoms with Gasteiger partial charge < -0.3 is 4.74 Å². The lowest BCUT2D eigenvalue weighted by atomic mass is 10.1. The van der Waals surface area contributed by atoms with Crippen LogP contribution < -0.4 is 9.46 Å². The standard InChI is InChI=1S/C19H23ClN2O3S/c1-25-18-8-7-17(20)12-19(18)26(23,24)21-13-15-5-4-6-16(11-15)14-22-9-2-3-10-22/h4-8,11-12,21H,2-3,9-10,13-14H2,1H3. The highest BCUT2D eigenvalue weighted by molar-refractivity contribution is 7.89. The predicted octanol–water partition coefficient (Wildman–Crippen LogP) is 3.42. The van der Waals surface area contributed by atoms with E-state index < -0.39 is 10.0 Å². The molecule has 26 heavy (non-hydrogen) atoms. The van der Waals surface area contributed by atoms with Gasteiger partial charge in [0, 0.05) is 18.1 Å². The summed E-state index contributed by atoms with van der Waals surface area (Å²) >= 11 is 5.95. The van der Waals surface area contributed by atoms with Crippen molar-refractivity contribution in [3.63, 3.8) is 0 Å². The van der Waals surface area contributed by atoms with Crippen molar-refractivity contribution >= 4 is 21.6 Å². The number of nitrogens with one attached hydrogen (secondary N) is 1. The number of sulfonamides is 1. The third-order valence-electron chi connectivity index (χ3n) is 4.48. The normalized spacial score (nSPS) is 15.3.